The first-order valence-corrected chi connectivity index (χ1v) is 13.1. The second kappa shape index (κ2) is 10.3. The Balaban J connectivity index is 1.72. The van der Waals surface area contributed by atoms with E-state index in [1.807, 2.05) is 30.3 Å². The number of carbonyl (C=O) groups excluding carboxylic acids is 1. The minimum absolute atomic E-state index is 0.124. The van der Waals surface area contributed by atoms with E-state index in [9.17, 15) is 26.4 Å². The van der Waals surface area contributed by atoms with Crippen molar-refractivity contribution in [3.05, 3.63) is 64.7 Å². The van der Waals surface area contributed by atoms with Crippen LogP contribution in [-0.4, -0.2) is 37.3 Å². The molecule has 33 heavy (non-hydrogen) atoms. The molecule has 1 aromatic heterocycles. The van der Waals surface area contributed by atoms with Crippen molar-refractivity contribution in [1.29, 1.82) is 0 Å². The number of hydrogen-bond acceptors (Lipinski definition) is 7. The third-order valence-electron chi connectivity index (χ3n) is 4.09. The zero-order valence-electron chi connectivity index (χ0n) is 16.8. The lowest BCUT2D eigenvalue weighted by Crippen LogP contribution is -2.37. The number of sulfonamides is 1. The summed E-state index contributed by atoms with van der Waals surface area (Å²) in [7, 11) is -4.14. The largest absolute Gasteiger partial charge is 0.416 e. The molecule has 3 rings (SSSR count). The number of nitrogens with one attached hydrogen (secondary N) is 1. The van der Waals surface area contributed by atoms with Gasteiger partial charge in [-0.3, -0.25) is 14.4 Å². The van der Waals surface area contributed by atoms with E-state index in [1.165, 1.54) is 11.8 Å². The quantitative estimate of drug-likeness (QED) is 0.325. The van der Waals surface area contributed by atoms with Gasteiger partial charge >= 0.3 is 6.18 Å². The molecule has 0 saturated heterocycles. The number of carbonyl (C=O) groups is 1. The van der Waals surface area contributed by atoms with Crippen LogP contribution in [0.15, 0.2) is 52.9 Å². The molecule has 176 valence electrons. The number of aromatic nitrogens is 2. The molecule has 0 unspecified atom stereocenters. The van der Waals surface area contributed by atoms with Crippen molar-refractivity contribution >= 4 is 61.4 Å². The van der Waals surface area contributed by atoms with E-state index in [4.69, 9.17) is 11.6 Å². The number of rotatable bonds is 8. The van der Waals surface area contributed by atoms with Gasteiger partial charge in [0.05, 0.1) is 22.5 Å². The van der Waals surface area contributed by atoms with E-state index in [-0.39, 0.29) is 10.2 Å². The molecule has 2 aromatic carbocycles. The van der Waals surface area contributed by atoms with Gasteiger partial charge in [-0.2, -0.15) is 13.2 Å². The maximum atomic E-state index is 13.1. The van der Waals surface area contributed by atoms with Crippen molar-refractivity contribution in [3.8, 4) is 0 Å². The Morgan fingerprint density at radius 2 is 1.88 bits per heavy atom. The van der Waals surface area contributed by atoms with Crippen molar-refractivity contribution in [2.45, 2.75) is 16.3 Å². The smallest absolute Gasteiger partial charge is 0.299 e. The fraction of sp³-hybridized carbons (Fsp3) is 0.211. The van der Waals surface area contributed by atoms with E-state index in [0.717, 1.165) is 35.3 Å². The highest BCUT2D eigenvalue weighted by atomic mass is 35.5. The minimum atomic E-state index is -4.72. The van der Waals surface area contributed by atoms with Crippen LogP contribution in [0.5, 0.6) is 0 Å². The molecule has 0 fully saturated rings. The average molecular weight is 537 g/mol. The summed E-state index contributed by atoms with van der Waals surface area (Å²) in [6, 6.07) is 11.9. The van der Waals surface area contributed by atoms with Gasteiger partial charge in [0.2, 0.25) is 21.1 Å². The van der Waals surface area contributed by atoms with Gasteiger partial charge in [0.25, 0.3) is 0 Å². The van der Waals surface area contributed by atoms with Crippen LogP contribution in [0, 0.1) is 0 Å². The Hall–Kier alpha value is -2.35. The van der Waals surface area contributed by atoms with Crippen molar-refractivity contribution in [3.63, 3.8) is 0 Å². The summed E-state index contributed by atoms with van der Waals surface area (Å²) in [5.41, 5.74) is -0.481. The lowest BCUT2D eigenvalue weighted by atomic mass is 10.2. The molecule has 0 radical (unpaired) electrons. The highest BCUT2D eigenvalue weighted by Gasteiger charge is 2.33. The molecular formula is C19H16ClF3N4O3S3. The van der Waals surface area contributed by atoms with E-state index in [2.05, 4.69) is 15.5 Å². The summed E-state index contributed by atoms with van der Waals surface area (Å²) in [6.45, 7) is -0.800. The Bertz CT molecular complexity index is 1240. The lowest BCUT2D eigenvalue weighted by Gasteiger charge is -2.23. The van der Waals surface area contributed by atoms with Crippen LogP contribution < -0.4 is 9.62 Å². The molecule has 7 nitrogen and oxygen atoms in total. The molecule has 0 spiro atoms. The molecule has 0 aliphatic carbocycles. The van der Waals surface area contributed by atoms with Gasteiger partial charge in [-0.25, -0.2) is 8.42 Å². The summed E-state index contributed by atoms with van der Waals surface area (Å²) in [6.07, 6.45) is -3.95. The van der Waals surface area contributed by atoms with Crippen LogP contribution in [0.1, 0.15) is 11.1 Å². The molecule has 0 aliphatic rings. The van der Waals surface area contributed by atoms with Gasteiger partial charge in [0.15, 0.2) is 4.34 Å². The number of halogens is 4. The Morgan fingerprint density at radius 3 is 2.52 bits per heavy atom. The Morgan fingerprint density at radius 1 is 1.18 bits per heavy atom. The average Bonchev–Trinajstić information content (AvgIpc) is 3.17. The number of benzene rings is 2. The van der Waals surface area contributed by atoms with Gasteiger partial charge in [-0.05, 0) is 23.8 Å². The van der Waals surface area contributed by atoms with Gasteiger partial charge in [-0.15, -0.1) is 10.2 Å². The van der Waals surface area contributed by atoms with Crippen LogP contribution in [0.4, 0.5) is 24.0 Å². The topological polar surface area (TPSA) is 92.3 Å². The van der Waals surface area contributed by atoms with Crippen molar-refractivity contribution in [2.75, 3.05) is 22.4 Å². The first kappa shape index (κ1) is 25.3. The molecule has 0 atom stereocenters. The van der Waals surface area contributed by atoms with Crippen LogP contribution >= 0.6 is 34.7 Å². The summed E-state index contributed by atoms with van der Waals surface area (Å²) < 4.78 is 64.8. The molecule has 14 heteroatoms. The fourth-order valence-corrected chi connectivity index (χ4v) is 5.44. The van der Waals surface area contributed by atoms with Crippen molar-refractivity contribution in [1.82, 2.24) is 10.2 Å². The Kier molecular flexibility index (Phi) is 7.88. The number of thioether (sulfide) groups is 1. The molecule has 1 heterocycles. The summed E-state index contributed by atoms with van der Waals surface area (Å²) >= 11 is 8.44. The number of amides is 1. The van der Waals surface area contributed by atoms with Crippen LogP contribution in [-0.2, 0) is 26.7 Å². The maximum Gasteiger partial charge on any atom is 0.416 e. The predicted molar refractivity (Wildman–Crippen MR) is 123 cm³/mol. The molecular weight excluding hydrogens is 521 g/mol. The number of nitrogens with zero attached hydrogens (tertiary/aromatic N) is 3. The van der Waals surface area contributed by atoms with Crippen LogP contribution in [0.2, 0.25) is 5.02 Å². The van der Waals surface area contributed by atoms with E-state index in [1.54, 1.807) is 0 Å². The van der Waals surface area contributed by atoms with E-state index in [0.29, 0.717) is 20.5 Å². The summed E-state index contributed by atoms with van der Waals surface area (Å²) in [5.74, 6) is -0.177. The van der Waals surface area contributed by atoms with Crippen LogP contribution in [0.25, 0.3) is 0 Å². The number of alkyl halides is 3. The normalized spacial score (nSPS) is 11.9. The third kappa shape index (κ3) is 7.06. The number of anilines is 2. The van der Waals surface area contributed by atoms with E-state index < -0.39 is 39.9 Å². The molecule has 0 saturated carbocycles. The highest BCUT2D eigenvalue weighted by molar-refractivity contribution is 8.00. The van der Waals surface area contributed by atoms with Gasteiger partial charge in [0.1, 0.15) is 6.54 Å². The van der Waals surface area contributed by atoms with Crippen LogP contribution in [0.3, 0.4) is 0 Å². The SMILES string of the molecule is CS(=O)(=O)N(CC(=O)Nc1nnc(SCc2ccccc2)s1)c1cc(C(F)(F)F)ccc1Cl. The first-order chi connectivity index (χ1) is 15.4. The monoisotopic (exact) mass is 536 g/mol. The predicted octanol–water partition coefficient (Wildman–Crippen LogP) is 4.91. The number of hydrogen-bond donors (Lipinski definition) is 1. The Labute approximate surface area is 201 Å². The fourth-order valence-electron chi connectivity index (χ4n) is 2.59. The van der Waals surface area contributed by atoms with Gasteiger partial charge in [0, 0.05) is 5.75 Å². The second-order valence-corrected chi connectivity index (χ2v) is 11.1. The van der Waals surface area contributed by atoms with Crippen molar-refractivity contribution in [2.24, 2.45) is 0 Å². The molecule has 0 aliphatic heterocycles. The standard InChI is InChI=1S/C19H16ClF3N4O3S3/c1-33(29,30)27(15-9-13(19(21,22)23)7-8-14(15)20)10-16(28)24-17-25-26-18(32-17)31-11-12-5-3-2-4-6-12/h2-9H,10-11H2,1H3,(H,24,25,28). The lowest BCUT2D eigenvalue weighted by molar-refractivity contribution is -0.137. The third-order valence-corrected chi connectivity index (χ3v) is 7.58. The minimum Gasteiger partial charge on any atom is -0.299 e. The zero-order chi connectivity index (χ0) is 24.2. The van der Waals surface area contributed by atoms with Crippen molar-refractivity contribution < 1.29 is 26.4 Å². The summed E-state index contributed by atoms with van der Waals surface area (Å²) in [5, 5.41) is 10.1. The molecule has 1 N–H and O–H groups in total. The molecule has 0 bridgehead atoms. The second-order valence-electron chi connectivity index (χ2n) is 6.63. The van der Waals surface area contributed by atoms with E-state index >= 15 is 0 Å². The zero-order valence-corrected chi connectivity index (χ0v) is 20.0. The first-order valence-electron chi connectivity index (χ1n) is 9.08. The van der Waals surface area contributed by atoms with Gasteiger partial charge < -0.3 is 0 Å². The molecule has 3 aromatic rings. The summed E-state index contributed by atoms with van der Waals surface area (Å²) in [4.78, 5) is 12.5. The highest BCUT2D eigenvalue weighted by Crippen LogP contribution is 2.36. The molecule has 1 amide bonds. The maximum absolute atomic E-state index is 13.1. The van der Waals surface area contributed by atoms with Gasteiger partial charge in [-0.1, -0.05) is 65.0 Å².